The van der Waals surface area contributed by atoms with Crippen LogP contribution >= 0.6 is 0 Å². The van der Waals surface area contributed by atoms with Gasteiger partial charge in [0, 0.05) is 12.1 Å². The van der Waals surface area contributed by atoms with Crippen LogP contribution in [0.25, 0.3) is 0 Å². The molecule has 1 aliphatic carbocycles. The molecule has 1 amide bonds. The van der Waals surface area contributed by atoms with Crippen LogP contribution < -0.4 is 10.1 Å². The largest absolute Gasteiger partial charge is 0.484 e. The van der Waals surface area contributed by atoms with E-state index >= 15 is 0 Å². The number of ether oxygens (including phenoxy) is 1. The molecule has 6 nitrogen and oxygen atoms in total. The summed E-state index contributed by atoms with van der Waals surface area (Å²) in [5.41, 5.74) is -0.0485. The van der Waals surface area contributed by atoms with Gasteiger partial charge in [-0.15, -0.1) is 0 Å². The first-order valence-corrected chi connectivity index (χ1v) is 7.64. The zero-order valence-corrected chi connectivity index (χ0v) is 13.0. The molecule has 0 unspecified atom stereocenters. The van der Waals surface area contributed by atoms with Gasteiger partial charge in [0.1, 0.15) is 5.75 Å². The molecule has 0 saturated heterocycles. The molecule has 6 heteroatoms. The Morgan fingerprint density at radius 1 is 1.41 bits per heavy atom. The highest BCUT2D eigenvalue weighted by Crippen LogP contribution is 2.29. The third-order valence-corrected chi connectivity index (χ3v) is 4.45. The van der Waals surface area contributed by atoms with Gasteiger partial charge in [0.25, 0.3) is 11.6 Å². The fourth-order valence-electron chi connectivity index (χ4n) is 2.87. The zero-order chi connectivity index (χ0) is 16.1. The summed E-state index contributed by atoms with van der Waals surface area (Å²) in [5.74, 6) is 1.21. The predicted octanol–water partition coefficient (Wildman–Crippen LogP) is 2.91. The monoisotopic (exact) mass is 306 g/mol. The molecule has 0 spiro atoms. The van der Waals surface area contributed by atoms with Crippen molar-refractivity contribution in [3.8, 4) is 5.75 Å². The number of benzene rings is 1. The molecule has 1 aromatic carbocycles. The molecule has 0 bridgehead atoms. The SMILES string of the molecule is C[C@@H]1[C@@H](C)CCC[C@H]1NC(=O)COc1cccc([N+](=O)[O-])c1. The second kappa shape index (κ2) is 7.24. The maximum absolute atomic E-state index is 12.0. The first kappa shape index (κ1) is 16.3. The van der Waals surface area contributed by atoms with Gasteiger partial charge in [-0.3, -0.25) is 14.9 Å². The summed E-state index contributed by atoms with van der Waals surface area (Å²) in [7, 11) is 0. The topological polar surface area (TPSA) is 81.5 Å². The molecule has 1 aliphatic rings. The number of nitrogens with zero attached hydrogens (tertiary/aromatic N) is 1. The average Bonchev–Trinajstić information content (AvgIpc) is 2.50. The zero-order valence-electron chi connectivity index (χ0n) is 13.0. The molecular weight excluding hydrogens is 284 g/mol. The fraction of sp³-hybridized carbons (Fsp3) is 0.562. The second-order valence-corrected chi connectivity index (χ2v) is 5.98. The number of nitro benzene ring substituents is 1. The molecule has 0 radical (unpaired) electrons. The van der Waals surface area contributed by atoms with Crippen molar-refractivity contribution in [1.29, 1.82) is 0 Å². The Hall–Kier alpha value is -2.11. The van der Waals surface area contributed by atoms with Crippen molar-refractivity contribution in [1.82, 2.24) is 5.32 Å². The van der Waals surface area contributed by atoms with Crippen molar-refractivity contribution in [2.75, 3.05) is 6.61 Å². The van der Waals surface area contributed by atoms with Crippen molar-refractivity contribution >= 4 is 11.6 Å². The number of nitrogens with one attached hydrogen (secondary N) is 1. The first-order valence-electron chi connectivity index (χ1n) is 7.64. The molecule has 1 N–H and O–H groups in total. The van der Waals surface area contributed by atoms with E-state index in [0.717, 1.165) is 12.8 Å². The Morgan fingerprint density at radius 3 is 2.91 bits per heavy atom. The summed E-state index contributed by atoms with van der Waals surface area (Å²) < 4.78 is 5.35. The van der Waals surface area contributed by atoms with E-state index in [2.05, 4.69) is 19.2 Å². The number of carbonyl (C=O) groups excluding carboxylic acids is 1. The Balaban J connectivity index is 1.85. The Labute approximate surface area is 130 Å². The van der Waals surface area contributed by atoms with Crippen molar-refractivity contribution in [2.45, 2.75) is 39.2 Å². The summed E-state index contributed by atoms with van der Waals surface area (Å²) in [5, 5.41) is 13.7. The van der Waals surface area contributed by atoms with E-state index < -0.39 is 4.92 Å². The number of nitro groups is 1. The smallest absolute Gasteiger partial charge is 0.273 e. The number of rotatable bonds is 5. The minimum Gasteiger partial charge on any atom is -0.484 e. The lowest BCUT2D eigenvalue weighted by Gasteiger charge is -2.34. The van der Waals surface area contributed by atoms with Crippen LogP contribution in [0.2, 0.25) is 0 Å². The Morgan fingerprint density at radius 2 is 2.18 bits per heavy atom. The molecule has 2 rings (SSSR count). The summed E-state index contributed by atoms with van der Waals surface area (Å²) >= 11 is 0. The van der Waals surface area contributed by atoms with Crippen LogP contribution in [0.15, 0.2) is 24.3 Å². The molecule has 22 heavy (non-hydrogen) atoms. The minimum atomic E-state index is -0.488. The summed E-state index contributed by atoms with van der Waals surface area (Å²) in [6.45, 7) is 4.25. The van der Waals surface area contributed by atoms with Crippen LogP contribution in [-0.2, 0) is 4.79 Å². The van der Waals surface area contributed by atoms with Gasteiger partial charge in [0.05, 0.1) is 11.0 Å². The van der Waals surface area contributed by atoms with E-state index in [1.165, 1.54) is 24.6 Å². The first-order chi connectivity index (χ1) is 10.5. The standard InChI is InChI=1S/C16H22N2O4/c1-11-5-3-8-15(12(11)2)17-16(19)10-22-14-7-4-6-13(9-14)18(20)21/h4,6-7,9,11-12,15H,3,5,8,10H2,1-2H3,(H,17,19)/t11-,12+,15+/m0/s1. The Bertz CT molecular complexity index is 547. The van der Waals surface area contributed by atoms with Crippen LogP contribution in [0.3, 0.4) is 0 Å². The van der Waals surface area contributed by atoms with Crippen LogP contribution in [-0.4, -0.2) is 23.5 Å². The van der Waals surface area contributed by atoms with E-state index in [4.69, 9.17) is 4.74 Å². The van der Waals surface area contributed by atoms with E-state index in [9.17, 15) is 14.9 Å². The molecule has 1 saturated carbocycles. The van der Waals surface area contributed by atoms with Gasteiger partial charge >= 0.3 is 0 Å². The number of non-ortho nitro benzene ring substituents is 1. The lowest BCUT2D eigenvalue weighted by atomic mass is 9.78. The van der Waals surface area contributed by atoms with E-state index in [0.29, 0.717) is 17.6 Å². The number of hydrogen-bond donors (Lipinski definition) is 1. The van der Waals surface area contributed by atoms with Crippen molar-refractivity contribution in [3.63, 3.8) is 0 Å². The van der Waals surface area contributed by atoms with Crippen LogP contribution in [0, 0.1) is 22.0 Å². The number of amides is 1. The van der Waals surface area contributed by atoms with Gasteiger partial charge in [-0.1, -0.05) is 32.8 Å². The van der Waals surface area contributed by atoms with Gasteiger partial charge < -0.3 is 10.1 Å². The molecular formula is C16H22N2O4. The van der Waals surface area contributed by atoms with Gasteiger partial charge in [0.2, 0.25) is 0 Å². The minimum absolute atomic E-state index is 0.0485. The molecule has 0 aliphatic heterocycles. The van der Waals surface area contributed by atoms with Crippen molar-refractivity contribution < 1.29 is 14.5 Å². The fourth-order valence-corrected chi connectivity index (χ4v) is 2.87. The highest BCUT2D eigenvalue weighted by molar-refractivity contribution is 5.77. The maximum atomic E-state index is 12.0. The molecule has 3 atom stereocenters. The van der Waals surface area contributed by atoms with Crippen LogP contribution in [0.5, 0.6) is 5.75 Å². The highest BCUT2D eigenvalue weighted by atomic mass is 16.6. The van der Waals surface area contributed by atoms with Gasteiger partial charge in [0.15, 0.2) is 6.61 Å². The van der Waals surface area contributed by atoms with E-state index in [1.807, 2.05) is 0 Å². The molecule has 1 fully saturated rings. The van der Waals surface area contributed by atoms with Crippen molar-refractivity contribution in [2.24, 2.45) is 11.8 Å². The highest BCUT2D eigenvalue weighted by Gasteiger charge is 2.28. The summed E-state index contributed by atoms with van der Waals surface area (Å²) in [4.78, 5) is 22.2. The van der Waals surface area contributed by atoms with Crippen LogP contribution in [0.1, 0.15) is 33.1 Å². The van der Waals surface area contributed by atoms with Gasteiger partial charge in [-0.05, 0) is 24.3 Å². The molecule has 120 valence electrons. The molecule has 0 aromatic heterocycles. The van der Waals surface area contributed by atoms with Crippen LogP contribution in [0.4, 0.5) is 5.69 Å². The van der Waals surface area contributed by atoms with Gasteiger partial charge in [-0.2, -0.15) is 0 Å². The lowest BCUT2D eigenvalue weighted by molar-refractivity contribution is -0.384. The number of carbonyl (C=O) groups is 1. The quantitative estimate of drug-likeness (QED) is 0.670. The van der Waals surface area contributed by atoms with E-state index in [1.54, 1.807) is 6.07 Å². The maximum Gasteiger partial charge on any atom is 0.273 e. The van der Waals surface area contributed by atoms with Gasteiger partial charge in [-0.25, -0.2) is 0 Å². The lowest BCUT2D eigenvalue weighted by Crippen LogP contribution is -2.45. The number of hydrogen-bond acceptors (Lipinski definition) is 4. The van der Waals surface area contributed by atoms with E-state index in [-0.39, 0.29) is 24.2 Å². The third kappa shape index (κ3) is 4.19. The van der Waals surface area contributed by atoms with Crippen molar-refractivity contribution in [3.05, 3.63) is 34.4 Å². The summed E-state index contributed by atoms with van der Waals surface area (Å²) in [6.07, 6.45) is 3.33. The third-order valence-electron chi connectivity index (χ3n) is 4.45. The summed E-state index contributed by atoms with van der Waals surface area (Å²) in [6, 6.07) is 6.03. The molecule has 0 heterocycles. The normalized spacial score (nSPS) is 24.5. The average molecular weight is 306 g/mol. The Kier molecular flexibility index (Phi) is 5.35. The predicted molar refractivity (Wildman–Crippen MR) is 82.7 cm³/mol. The molecule has 1 aromatic rings. The second-order valence-electron chi connectivity index (χ2n) is 5.98.